The number of phenolic OH excluding ortho intramolecular Hbond substituents is 1. The molecule has 28 heavy (non-hydrogen) atoms. The number of phenols is 1. The number of aromatic hydroxyl groups is 2. The van der Waals surface area contributed by atoms with Gasteiger partial charge in [0.15, 0.2) is 4.77 Å². The van der Waals surface area contributed by atoms with Gasteiger partial charge in [-0.05, 0) is 36.5 Å². The zero-order valence-electron chi connectivity index (χ0n) is 14.7. The molecule has 1 aromatic heterocycles. The first-order chi connectivity index (χ1) is 13.4. The lowest BCUT2D eigenvalue weighted by Crippen LogP contribution is -2.27. The van der Waals surface area contributed by atoms with E-state index in [-0.39, 0.29) is 27.5 Å². The number of nitrogens with zero attached hydrogens (tertiary/aromatic N) is 3. The van der Waals surface area contributed by atoms with E-state index in [1.54, 1.807) is 42.5 Å². The largest absolute Gasteiger partial charge is 0.507 e. The zero-order chi connectivity index (χ0) is 20.3. The molecule has 3 rings (SSSR count). The van der Waals surface area contributed by atoms with Gasteiger partial charge in [-0.2, -0.15) is 5.10 Å². The number of hydrogen-bond donors (Lipinski definition) is 3. The summed E-state index contributed by atoms with van der Waals surface area (Å²) >= 11 is 5.27. The Kier molecular flexibility index (Phi) is 5.37. The Bertz CT molecular complexity index is 1180. The lowest BCUT2D eigenvalue weighted by molar-refractivity contribution is 0.0952. The number of carbonyl (C=O) groups is 1. The van der Waals surface area contributed by atoms with Gasteiger partial charge in [0, 0.05) is 7.05 Å². The fourth-order valence-electron chi connectivity index (χ4n) is 2.52. The molecule has 0 atom stereocenters. The van der Waals surface area contributed by atoms with Gasteiger partial charge in [-0.3, -0.25) is 18.7 Å². The summed E-state index contributed by atoms with van der Waals surface area (Å²) in [4.78, 5) is 24.9. The van der Waals surface area contributed by atoms with Crippen LogP contribution in [0.15, 0.2) is 64.5 Å². The van der Waals surface area contributed by atoms with Crippen molar-refractivity contribution in [3.8, 4) is 17.3 Å². The standard InChI is InChI=1S/C19H16N4O4S/c1-22-17(26)14(11-20-21-16(25)13-9-5-6-10-15(13)24)18(27)23(19(22)28)12-7-3-2-4-8-12/h2-11,24,26H,1H3,(H,21,25). The van der Waals surface area contributed by atoms with Crippen LogP contribution in [0, 0.1) is 4.77 Å². The molecule has 1 heterocycles. The predicted octanol–water partition coefficient (Wildman–Crippen LogP) is 2.08. The summed E-state index contributed by atoms with van der Waals surface area (Å²) in [6.07, 6.45) is 1.03. The lowest BCUT2D eigenvalue weighted by Gasteiger charge is -2.12. The summed E-state index contributed by atoms with van der Waals surface area (Å²) in [6.45, 7) is 0. The molecule has 9 heteroatoms. The number of para-hydroxylation sites is 2. The Morgan fingerprint density at radius 3 is 2.43 bits per heavy atom. The molecule has 0 radical (unpaired) electrons. The fourth-order valence-corrected chi connectivity index (χ4v) is 2.80. The molecule has 142 valence electrons. The van der Waals surface area contributed by atoms with Crippen molar-refractivity contribution in [1.29, 1.82) is 0 Å². The molecule has 1 amide bonds. The first-order valence-electron chi connectivity index (χ1n) is 8.13. The minimum Gasteiger partial charge on any atom is -0.507 e. The Balaban J connectivity index is 1.99. The molecule has 0 spiro atoms. The number of nitrogens with one attached hydrogen (secondary N) is 1. The topological polar surface area (TPSA) is 109 Å². The van der Waals surface area contributed by atoms with E-state index in [0.29, 0.717) is 5.69 Å². The molecule has 0 saturated carbocycles. The number of aromatic nitrogens is 2. The molecule has 8 nitrogen and oxygen atoms in total. The van der Waals surface area contributed by atoms with Crippen molar-refractivity contribution in [1.82, 2.24) is 14.6 Å². The van der Waals surface area contributed by atoms with Crippen molar-refractivity contribution < 1.29 is 15.0 Å². The van der Waals surface area contributed by atoms with Gasteiger partial charge in [0.25, 0.3) is 11.5 Å². The van der Waals surface area contributed by atoms with E-state index in [9.17, 15) is 19.8 Å². The Morgan fingerprint density at radius 2 is 1.75 bits per heavy atom. The van der Waals surface area contributed by atoms with Crippen LogP contribution < -0.4 is 11.0 Å². The number of rotatable bonds is 4. The van der Waals surface area contributed by atoms with Crippen LogP contribution in [0.4, 0.5) is 0 Å². The van der Waals surface area contributed by atoms with Crippen molar-refractivity contribution in [2.45, 2.75) is 0 Å². The molecule has 0 saturated heterocycles. The lowest BCUT2D eigenvalue weighted by atomic mass is 10.2. The average molecular weight is 396 g/mol. The van der Waals surface area contributed by atoms with Crippen LogP contribution in [-0.4, -0.2) is 31.5 Å². The van der Waals surface area contributed by atoms with Gasteiger partial charge in [0.05, 0.1) is 17.5 Å². The summed E-state index contributed by atoms with van der Waals surface area (Å²) in [5.74, 6) is -1.25. The summed E-state index contributed by atoms with van der Waals surface area (Å²) in [5.41, 5.74) is 2.02. The first kappa shape index (κ1) is 19.1. The molecule has 3 aromatic rings. The molecule has 0 aliphatic heterocycles. The summed E-state index contributed by atoms with van der Waals surface area (Å²) in [7, 11) is 1.51. The predicted molar refractivity (Wildman–Crippen MR) is 107 cm³/mol. The molecular formula is C19H16N4O4S. The van der Waals surface area contributed by atoms with E-state index in [1.807, 2.05) is 0 Å². The number of hydrogen-bond acceptors (Lipinski definition) is 6. The van der Waals surface area contributed by atoms with Gasteiger partial charge >= 0.3 is 0 Å². The molecule has 0 bridgehead atoms. The molecule has 0 aliphatic carbocycles. The molecule has 0 aliphatic rings. The van der Waals surface area contributed by atoms with Gasteiger partial charge in [0.1, 0.15) is 11.3 Å². The Morgan fingerprint density at radius 1 is 1.11 bits per heavy atom. The highest BCUT2D eigenvalue weighted by Crippen LogP contribution is 2.16. The van der Waals surface area contributed by atoms with Crippen molar-refractivity contribution >= 4 is 24.3 Å². The van der Waals surface area contributed by atoms with Crippen molar-refractivity contribution in [3.63, 3.8) is 0 Å². The highest BCUT2D eigenvalue weighted by molar-refractivity contribution is 7.71. The smallest absolute Gasteiger partial charge is 0.275 e. The normalized spacial score (nSPS) is 10.9. The Hall–Kier alpha value is -3.72. The summed E-state index contributed by atoms with van der Waals surface area (Å²) in [5, 5.41) is 23.7. The van der Waals surface area contributed by atoms with E-state index in [0.717, 1.165) is 6.21 Å². The van der Waals surface area contributed by atoms with Crippen molar-refractivity contribution in [3.05, 3.63) is 80.8 Å². The van der Waals surface area contributed by atoms with Crippen LogP contribution in [0.3, 0.4) is 0 Å². The maximum Gasteiger partial charge on any atom is 0.275 e. The average Bonchev–Trinajstić information content (AvgIpc) is 2.70. The van der Waals surface area contributed by atoms with Crippen LogP contribution >= 0.6 is 12.2 Å². The quantitative estimate of drug-likeness (QED) is 0.355. The number of amides is 1. The monoisotopic (exact) mass is 396 g/mol. The molecule has 3 N–H and O–H groups in total. The van der Waals surface area contributed by atoms with Gasteiger partial charge < -0.3 is 10.2 Å². The SMILES string of the molecule is Cn1c(O)c(C=NNC(=O)c2ccccc2O)c(=O)n(-c2ccccc2)c1=S. The van der Waals surface area contributed by atoms with Crippen LogP contribution in [0.1, 0.15) is 15.9 Å². The third-order valence-electron chi connectivity index (χ3n) is 3.99. The van der Waals surface area contributed by atoms with Crippen molar-refractivity contribution in [2.75, 3.05) is 0 Å². The van der Waals surface area contributed by atoms with E-state index in [1.165, 1.54) is 28.3 Å². The van der Waals surface area contributed by atoms with Gasteiger partial charge in [-0.25, -0.2) is 5.43 Å². The summed E-state index contributed by atoms with van der Waals surface area (Å²) < 4.78 is 2.61. The second kappa shape index (κ2) is 7.89. The second-order valence-corrected chi connectivity index (χ2v) is 6.14. The van der Waals surface area contributed by atoms with Crippen molar-refractivity contribution in [2.24, 2.45) is 12.1 Å². The molecule has 2 aromatic carbocycles. The van der Waals surface area contributed by atoms with E-state index >= 15 is 0 Å². The molecular weight excluding hydrogens is 380 g/mol. The number of hydrazone groups is 1. The van der Waals surface area contributed by atoms with E-state index in [4.69, 9.17) is 12.2 Å². The van der Waals surface area contributed by atoms with Gasteiger partial charge in [-0.1, -0.05) is 30.3 Å². The van der Waals surface area contributed by atoms with Gasteiger partial charge in [-0.15, -0.1) is 0 Å². The number of benzene rings is 2. The number of carbonyl (C=O) groups excluding carboxylic acids is 1. The Labute approximate surface area is 164 Å². The third kappa shape index (κ3) is 3.55. The maximum atomic E-state index is 12.8. The molecule has 0 unspecified atom stereocenters. The second-order valence-electron chi connectivity index (χ2n) is 5.77. The van der Waals surface area contributed by atoms with Crippen LogP contribution in [-0.2, 0) is 7.05 Å². The zero-order valence-corrected chi connectivity index (χ0v) is 15.6. The highest BCUT2D eigenvalue weighted by Gasteiger charge is 2.15. The minimum atomic E-state index is -0.665. The summed E-state index contributed by atoms with van der Waals surface area (Å²) in [6, 6.07) is 14.7. The minimum absolute atomic E-state index is 0.0250. The van der Waals surface area contributed by atoms with Gasteiger partial charge in [0.2, 0.25) is 5.88 Å². The van der Waals surface area contributed by atoms with E-state index < -0.39 is 11.5 Å². The first-order valence-corrected chi connectivity index (χ1v) is 8.54. The molecule has 0 fully saturated rings. The van der Waals surface area contributed by atoms with Crippen LogP contribution in [0.5, 0.6) is 11.6 Å². The van der Waals surface area contributed by atoms with Crippen LogP contribution in [0.2, 0.25) is 0 Å². The highest BCUT2D eigenvalue weighted by atomic mass is 32.1. The third-order valence-corrected chi connectivity index (χ3v) is 4.45. The maximum absolute atomic E-state index is 12.8. The van der Waals surface area contributed by atoms with Crippen LogP contribution in [0.25, 0.3) is 5.69 Å². The fraction of sp³-hybridized carbons (Fsp3) is 0.0526. The van der Waals surface area contributed by atoms with E-state index in [2.05, 4.69) is 10.5 Å².